The van der Waals surface area contributed by atoms with Gasteiger partial charge in [0.15, 0.2) is 5.82 Å². The summed E-state index contributed by atoms with van der Waals surface area (Å²) in [4.78, 5) is 0. The molecule has 1 spiro atoms. The van der Waals surface area contributed by atoms with Crippen molar-refractivity contribution in [2.45, 2.75) is 51.2 Å². The predicted octanol–water partition coefficient (Wildman–Crippen LogP) is 4.77. The topological polar surface area (TPSA) is 21.3 Å². The monoisotopic (exact) mass is 315 g/mol. The molecule has 0 aliphatic heterocycles. The molecule has 2 aliphatic carbocycles. The zero-order chi connectivity index (χ0) is 15.0. The smallest absolute Gasteiger partial charge is 0.150 e. The Morgan fingerprint density at radius 1 is 1.33 bits per heavy atom. The predicted molar refractivity (Wildman–Crippen MR) is 79.7 cm³/mol. The lowest BCUT2D eigenvalue weighted by Crippen LogP contribution is -2.60. The van der Waals surface area contributed by atoms with Crippen LogP contribution in [-0.2, 0) is 4.74 Å². The molecular formula is C16H20ClF2NO. The Hall–Kier alpha value is -0.870. The Morgan fingerprint density at radius 3 is 2.67 bits per heavy atom. The molecule has 5 heteroatoms. The molecule has 3 rings (SSSR count). The maximum absolute atomic E-state index is 13.9. The molecule has 2 nitrogen and oxygen atoms in total. The van der Waals surface area contributed by atoms with Gasteiger partial charge in [0.05, 0.1) is 16.8 Å². The van der Waals surface area contributed by atoms with Crippen molar-refractivity contribution in [3.8, 4) is 0 Å². The minimum atomic E-state index is -0.653. The van der Waals surface area contributed by atoms with Crippen LogP contribution >= 0.6 is 11.6 Å². The van der Waals surface area contributed by atoms with Crippen LogP contribution in [0.5, 0.6) is 0 Å². The van der Waals surface area contributed by atoms with Crippen LogP contribution in [0.25, 0.3) is 0 Å². The fourth-order valence-corrected chi connectivity index (χ4v) is 4.19. The first-order valence-corrected chi connectivity index (χ1v) is 7.97. The minimum absolute atomic E-state index is 0.0835. The van der Waals surface area contributed by atoms with E-state index in [9.17, 15) is 8.78 Å². The molecule has 0 bridgehead atoms. The lowest BCUT2D eigenvalue weighted by Gasteiger charge is -2.54. The first-order chi connectivity index (χ1) is 10.1. The van der Waals surface area contributed by atoms with Crippen molar-refractivity contribution < 1.29 is 13.5 Å². The number of ether oxygens (including phenoxy) is 1. The Kier molecular flexibility index (Phi) is 4.10. The summed E-state index contributed by atoms with van der Waals surface area (Å²) in [5.74, 6) is -1.28. The number of benzene rings is 1. The van der Waals surface area contributed by atoms with E-state index in [4.69, 9.17) is 16.3 Å². The van der Waals surface area contributed by atoms with E-state index in [1.807, 2.05) is 6.92 Å². The second-order valence-electron chi connectivity index (χ2n) is 6.06. The number of rotatable bonds is 4. The highest BCUT2D eigenvalue weighted by atomic mass is 35.5. The maximum atomic E-state index is 13.9. The third kappa shape index (κ3) is 2.53. The van der Waals surface area contributed by atoms with Gasteiger partial charge in [-0.15, -0.1) is 0 Å². The van der Waals surface area contributed by atoms with Crippen molar-refractivity contribution in [1.29, 1.82) is 0 Å². The Bertz CT molecular complexity index is 508. The highest BCUT2D eigenvalue weighted by Crippen LogP contribution is 2.56. The molecule has 0 heterocycles. The maximum Gasteiger partial charge on any atom is 0.150 e. The van der Waals surface area contributed by atoms with Crippen molar-refractivity contribution >= 4 is 17.3 Å². The third-order valence-corrected chi connectivity index (χ3v) is 5.31. The molecule has 2 unspecified atom stereocenters. The number of nitrogens with one attached hydrogen (secondary N) is 1. The van der Waals surface area contributed by atoms with Gasteiger partial charge in [0.25, 0.3) is 0 Å². The van der Waals surface area contributed by atoms with Crippen LogP contribution in [0.1, 0.15) is 39.0 Å². The van der Waals surface area contributed by atoms with Gasteiger partial charge >= 0.3 is 0 Å². The van der Waals surface area contributed by atoms with Crippen molar-refractivity contribution in [3.05, 3.63) is 28.8 Å². The summed E-state index contributed by atoms with van der Waals surface area (Å²) in [6.07, 6.45) is 5.64. The van der Waals surface area contributed by atoms with Crippen LogP contribution < -0.4 is 5.32 Å². The molecular weight excluding hydrogens is 296 g/mol. The summed E-state index contributed by atoms with van der Waals surface area (Å²) in [7, 11) is 0. The van der Waals surface area contributed by atoms with Crippen molar-refractivity contribution in [1.82, 2.24) is 0 Å². The molecule has 1 aromatic carbocycles. The molecule has 1 N–H and O–H groups in total. The van der Waals surface area contributed by atoms with Gasteiger partial charge in [-0.1, -0.05) is 24.4 Å². The first kappa shape index (κ1) is 15.0. The van der Waals surface area contributed by atoms with E-state index in [0.29, 0.717) is 6.61 Å². The van der Waals surface area contributed by atoms with Gasteiger partial charge in [-0.05, 0) is 32.3 Å². The molecule has 2 aliphatic rings. The zero-order valence-corrected chi connectivity index (χ0v) is 12.9. The molecule has 116 valence electrons. The van der Waals surface area contributed by atoms with Crippen molar-refractivity contribution in [3.63, 3.8) is 0 Å². The highest BCUT2D eigenvalue weighted by Gasteiger charge is 2.56. The molecule has 1 aromatic rings. The van der Waals surface area contributed by atoms with E-state index in [0.717, 1.165) is 31.4 Å². The highest BCUT2D eigenvalue weighted by molar-refractivity contribution is 6.33. The van der Waals surface area contributed by atoms with Gasteiger partial charge in [0, 0.05) is 24.1 Å². The number of halogens is 3. The zero-order valence-electron chi connectivity index (χ0n) is 12.1. The first-order valence-electron chi connectivity index (χ1n) is 7.59. The van der Waals surface area contributed by atoms with Gasteiger partial charge in [0.2, 0.25) is 0 Å². The standard InChI is InChI=1S/C16H20ClF2NO/c1-2-21-14-9-13(16(14)5-3-4-6-16)20-15-11(17)7-10(18)8-12(15)19/h7-8,13-14,20H,2-6,9H2,1H3. The third-order valence-electron chi connectivity index (χ3n) is 5.01. The Labute approximate surface area is 128 Å². The summed E-state index contributed by atoms with van der Waals surface area (Å²) in [5, 5.41) is 3.31. The van der Waals surface area contributed by atoms with E-state index in [-0.39, 0.29) is 28.3 Å². The Morgan fingerprint density at radius 2 is 2.05 bits per heavy atom. The van der Waals surface area contributed by atoms with Gasteiger partial charge < -0.3 is 10.1 Å². The summed E-state index contributed by atoms with van der Waals surface area (Å²) >= 11 is 5.98. The molecule has 0 radical (unpaired) electrons. The molecule has 21 heavy (non-hydrogen) atoms. The minimum Gasteiger partial charge on any atom is -0.378 e. The second kappa shape index (κ2) is 5.73. The number of hydrogen-bond donors (Lipinski definition) is 1. The summed E-state index contributed by atoms with van der Waals surface area (Å²) < 4.78 is 32.9. The average Bonchev–Trinajstić information content (AvgIpc) is 2.92. The van der Waals surface area contributed by atoms with Crippen LogP contribution in [-0.4, -0.2) is 18.8 Å². The van der Waals surface area contributed by atoms with Crippen molar-refractivity contribution in [2.75, 3.05) is 11.9 Å². The second-order valence-corrected chi connectivity index (χ2v) is 6.47. The van der Waals surface area contributed by atoms with E-state index >= 15 is 0 Å². The fraction of sp³-hybridized carbons (Fsp3) is 0.625. The summed E-state index contributed by atoms with van der Waals surface area (Å²) in [6, 6.07) is 2.16. The van der Waals surface area contributed by atoms with E-state index < -0.39 is 11.6 Å². The van der Waals surface area contributed by atoms with Crippen LogP contribution in [0.15, 0.2) is 12.1 Å². The quantitative estimate of drug-likeness (QED) is 0.864. The molecule has 2 fully saturated rings. The summed E-state index contributed by atoms with van der Waals surface area (Å²) in [6.45, 7) is 2.70. The van der Waals surface area contributed by atoms with Crippen LogP contribution in [0.4, 0.5) is 14.5 Å². The Balaban J connectivity index is 1.80. The van der Waals surface area contributed by atoms with Gasteiger partial charge in [-0.3, -0.25) is 0 Å². The molecule has 0 amide bonds. The number of anilines is 1. The molecule has 0 aromatic heterocycles. The fourth-order valence-electron chi connectivity index (χ4n) is 3.94. The van der Waals surface area contributed by atoms with Gasteiger partial charge in [-0.25, -0.2) is 8.78 Å². The van der Waals surface area contributed by atoms with Crippen LogP contribution in [0.2, 0.25) is 5.02 Å². The van der Waals surface area contributed by atoms with Crippen molar-refractivity contribution in [2.24, 2.45) is 5.41 Å². The summed E-state index contributed by atoms with van der Waals surface area (Å²) in [5.41, 5.74) is 0.296. The van der Waals surface area contributed by atoms with Crippen LogP contribution in [0.3, 0.4) is 0 Å². The molecule has 0 saturated heterocycles. The lowest BCUT2D eigenvalue weighted by atomic mass is 9.60. The van der Waals surface area contributed by atoms with E-state index in [1.54, 1.807) is 0 Å². The molecule has 2 saturated carbocycles. The molecule has 2 atom stereocenters. The van der Waals surface area contributed by atoms with Gasteiger partial charge in [-0.2, -0.15) is 0 Å². The average molecular weight is 316 g/mol. The SMILES string of the molecule is CCOC1CC(Nc2c(F)cc(F)cc2Cl)C12CCCC2. The van der Waals surface area contributed by atoms with E-state index in [1.165, 1.54) is 12.8 Å². The lowest BCUT2D eigenvalue weighted by molar-refractivity contribution is -0.114. The normalized spacial score (nSPS) is 26.9. The van der Waals surface area contributed by atoms with Gasteiger partial charge in [0.1, 0.15) is 5.82 Å². The van der Waals surface area contributed by atoms with E-state index in [2.05, 4.69) is 5.32 Å². The van der Waals surface area contributed by atoms with Crippen LogP contribution in [0, 0.1) is 17.0 Å². The largest absolute Gasteiger partial charge is 0.378 e. The number of hydrogen-bond acceptors (Lipinski definition) is 2.